The second kappa shape index (κ2) is 6.53. The summed E-state index contributed by atoms with van der Waals surface area (Å²) in [4.78, 5) is 12.4. The summed E-state index contributed by atoms with van der Waals surface area (Å²) in [5, 5.41) is 7.26. The van der Waals surface area contributed by atoms with Crippen LogP contribution < -0.4 is 5.32 Å². The van der Waals surface area contributed by atoms with Crippen molar-refractivity contribution in [1.82, 2.24) is 10.5 Å². The zero-order chi connectivity index (χ0) is 19.1. The molecule has 5 heteroatoms. The van der Waals surface area contributed by atoms with Crippen molar-refractivity contribution in [3.63, 3.8) is 0 Å². The first kappa shape index (κ1) is 18.6. The number of nitrogens with zero attached hydrogens (tertiary/aromatic N) is 1. The number of amides is 1. The van der Waals surface area contributed by atoms with Gasteiger partial charge in [0.25, 0.3) is 5.91 Å². The summed E-state index contributed by atoms with van der Waals surface area (Å²) >= 11 is 0. The summed E-state index contributed by atoms with van der Waals surface area (Å²) in [5.41, 5.74) is 1.21. The third-order valence-corrected chi connectivity index (χ3v) is 5.62. The number of nitrogens with one attached hydrogen (secondary N) is 1. The van der Waals surface area contributed by atoms with Crippen molar-refractivity contribution in [2.45, 2.75) is 58.9 Å². The maximum Gasteiger partial charge on any atom is 0.251 e. The van der Waals surface area contributed by atoms with E-state index in [2.05, 4.69) is 45.1 Å². The molecule has 1 aliphatic rings. The van der Waals surface area contributed by atoms with Crippen molar-refractivity contribution in [2.75, 3.05) is 0 Å². The Bertz CT molecular complexity index is 804. The normalized spacial score (nSPS) is 21.9. The quantitative estimate of drug-likeness (QED) is 0.875. The molecular formula is C21H27FN2O2. The molecule has 0 spiro atoms. The smallest absolute Gasteiger partial charge is 0.251 e. The average molecular weight is 358 g/mol. The molecule has 3 rings (SSSR count). The Kier molecular flexibility index (Phi) is 4.67. The van der Waals surface area contributed by atoms with Gasteiger partial charge in [-0.3, -0.25) is 4.79 Å². The van der Waals surface area contributed by atoms with Crippen LogP contribution in [0.1, 0.15) is 62.9 Å². The lowest BCUT2D eigenvalue weighted by Crippen LogP contribution is -2.58. The minimum Gasteiger partial charge on any atom is -0.361 e. The largest absolute Gasteiger partial charge is 0.361 e. The van der Waals surface area contributed by atoms with Crippen LogP contribution in [0.4, 0.5) is 4.39 Å². The van der Waals surface area contributed by atoms with Crippen LogP contribution in [0.3, 0.4) is 0 Å². The Morgan fingerprint density at radius 2 is 2.08 bits per heavy atom. The van der Waals surface area contributed by atoms with E-state index < -0.39 is 5.82 Å². The highest BCUT2D eigenvalue weighted by Crippen LogP contribution is 2.48. The number of carbonyl (C=O) groups is 1. The first-order valence-electron chi connectivity index (χ1n) is 9.10. The Balaban J connectivity index is 1.61. The van der Waals surface area contributed by atoms with Gasteiger partial charge in [0.1, 0.15) is 11.6 Å². The Hall–Kier alpha value is -2.17. The second-order valence-corrected chi connectivity index (χ2v) is 8.93. The zero-order valence-corrected chi connectivity index (χ0v) is 16.1. The summed E-state index contributed by atoms with van der Waals surface area (Å²) in [5.74, 6) is 0.681. The van der Waals surface area contributed by atoms with Gasteiger partial charge in [0.05, 0.1) is 5.69 Å². The molecule has 2 aromatic rings. The van der Waals surface area contributed by atoms with Crippen molar-refractivity contribution in [1.29, 1.82) is 0 Å². The molecule has 0 bridgehead atoms. The van der Waals surface area contributed by atoms with Crippen LogP contribution in [0.2, 0.25) is 0 Å². The fourth-order valence-electron chi connectivity index (χ4n) is 3.49. The minimum atomic E-state index is -0.399. The van der Waals surface area contributed by atoms with Gasteiger partial charge in [-0.2, -0.15) is 0 Å². The van der Waals surface area contributed by atoms with Gasteiger partial charge < -0.3 is 9.84 Å². The highest BCUT2D eigenvalue weighted by atomic mass is 19.1. The van der Waals surface area contributed by atoms with E-state index in [0.29, 0.717) is 11.5 Å². The molecule has 1 heterocycles. The van der Waals surface area contributed by atoms with Gasteiger partial charge in [0.15, 0.2) is 0 Å². The number of carbonyl (C=O) groups excluding carboxylic acids is 1. The van der Waals surface area contributed by atoms with E-state index in [1.807, 2.05) is 6.07 Å². The number of halogens is 1. The summed E-state index contributed by atoms with van der Waals surface area (Å²) in [7, 11) is 0. The summed E-state index contributed by atoms with van der Waals surface area (Å²) in [6, 6.07) is 7.89. The van der Waals surface area contributed by atoms with Gasteiger partial charge in [-0.25, -0.2) is 4.39 Å². The van der Waals surface area contributed by atoms with Crippen LogP contribution in [0, 0.1) is 17.2 Å². The van der Waals surface area contributed by atoms with Gasteiger partial charge in [-0.15, -0.1) is 0 Å². The molecule has 4 nitrogen and oxygen atoms in total. The van der Waals surface area contributed by atoms with E-state index >= 15 is 0 Å². The number of rotatable bonds is 4. The van der Waals surface area contributed by atoms with Crippen LogP contribution in [-0.4, -0.2) is 17.1 Å². The van der Waals surface area contributed by atoms with Crippen LogP contribution in [0.5, 0.6) is 0 Å². The van der Waals surface area contributed by atoms with Gasteiger partial charge >= 0.3 is 0 Å². The molecule has 1 aromatic heterocycles. The van der Waals surface area contributed by atoms with Gasteiger partial charge in [0.2, 0.25) is 0 Å². The number of hydrogen-bond donors (Lipinski definition) is 1. The lowest BCUT2D eigenvalue weighted by molar-refractivity contribution is 0.0138. The van der Waals surface area contributed by atoms with Crippen LogP contribution >= 0.6 is 0 Å². The van der Waals surface area contributed by atoms with Gasteiger partial charge in [-0.05, 0) is 42.4 Å². The molecule has 0 aliphatic heterocycles. The molecule has 1 N–H and O–H groups in total. The first-order chi connectivity index (χ1) is 12.1. The summed E-state index contributed by atoms with van der Waals surface area (Å²) in [6.45, 7) is 10.6. The van der Waals surface area contributed by atoms with E-state index in [9.17, 15) is 9.18 Å². The molecular weight excluding hydrogens is 331 g/mol. The highest BCUT2D eigenvalue weighted by molar-refractivity contribution is 5.94. The van der Waals surface area contributed by atoms with Gasteiger partial charge in [0, 0.05) is 23.1 Å². The maximum absolute atomic E-state index is 13.3. The predicted molar refractivity (Wildman–Crippen MR) is 98.4 cm³/mol. The third kappa shape index (κ3) is 3.67. The molecule has 1 amide bonds. The SMILES string of the molecule is CC(C)(C)c1cc(CC2CC(NC(=O)c3cccc(F)c3)C2(C)C)no1. The van der Waals surface area contributed by atoms with E-state index in [1.54, 1.807) is 12.1 Å². The summed E-state index contributed by atoms with van der Waals surface area (Å²) in [6.07, 6.45) is 1.71. The minimum absolute atomic E-state index is 0.0518. The molecule has 1 fully saturated rings. The Morgan fingerprint density at radius 1 is 1.35 bits per heavy atom. The predicted octanol–water partition coefficient (Wildman–Crippen LogP) is 4.50. The van der Waals surface area contributed by atoms with Crippen LogP contribution in [0.15, 0.2) is 34.9 Å². The topological polar surface area (TPSA) is 55.1 Å². The number of aromatic nitrogens is 1. The van der Waals surface area contributed by atoms with Crippen molar-refractivity contribution in [2.24, 2.45) is 11.3 Å². The van der Waals surface area contributed by atoms with Crippen LogP contribution in [-0.2, 0) is 11.8 Å². The third-order valence-electron chi connectivity index (χ3n) is 5.62. The molecule has 0 saturated heterocycles. The zero-order valence-electron chi connectivity index (χ0n) is 16.1. The molecule has 26 heavy (non-hydrogen) atoms. The van der Waals surface area contributed by atoms with Crippen molar-refractivity contribution < 1.29 is 13.7 Å². The lowest BCUT2D eigenvalue weighted by atomic mass is 9.57. The van der Waals surface area contributed by atoms with Crippen molar-refractivity contribution in [3.8, 4) is 0 Å². The Morgan fingerprint density at radius 3 is 2.65 bits per heavy atom. The van der Waals surface area contributed by atoms with Crippen molar-refractivity contribution in [3.05, 3.63) is 53.2 Å². The lowest BCUT2D eigenvalue weighted by Gasteiger charge is -2.52. The van der Waals surface area contributed by atoms with E-state index in [0.717, 1.165) is 24.3 Å². The van der Waals surface area contributed by atoms with Gasteiger partial charge in [-0.1, -0.05) is 45.8 Å². The fraction of sp³-hybridized carbons (Fsp3) is 0.524. The molecule has 140 valence electrons. The van der Waals surface area contributed by atoms with E-state index in [-0.39, 0.29) is 22.8 Å². The van der Waals surface area contributed by atoms with Crippen LogP contribution in [0.25, 0.3) is 0 Å². The van der Waals surface area contributed by atoms with Crippen molar-refractivity contribution >= 4 is 5.91 Å². The van der Waals surface area contributed by atoms with E-state index in [1.165, 1.54) is 12.1 Å². The molecule has 2 unspecified atom stereocenters. The molecule has 2 atom stereocenters. The fourth-order valence-corrected chi connectivity index (χ4v) is 3.49. The Labute approximate surface area is 154 Å². The number of hydrogen-bond acceptors (Lipinski definition) is 3. The number of benzene rings is 1. The van der Waals surface area contributed by atoms with E-state index in [4.69, 9.17) is 4.52 Å². The standard InChI is InChI=1S/C21H27FN2O2/c1-20(2,3)18-12-16(24-26-18)10-14-11-17(21(14,4)5)23-19(25)13-7-6-8-15(22)9-13/h6-9,12,14,17H,10-11H2,1-5H3,(H,23,25). The summed E-state index contributed by atoms with van der Waals surface area (Å²) < 4.78 is 18.8. The highest BCUT2D eigenvalue weighted by Gasteiger charge is 2.48. The second-order valence-electron chi connectivity index (χ2n) is 8.93. The molecule has 1 aliphatic carbocycles. The molecule has 0 radical (unpaired) electrons. The monoisotopic (exact) mass is 358 g/mol. The molecule has 1 saturated carbocycles. The molecule has 1 aromatic carbocycles. The average Bonchev–Trinajstić information content (AvgIpc) is 3.02. The maximum atomic E-state index is 13.3. The first-order valence-corrected chi connectivity index (χ1v) is 9.10.